The minimum absolute atomic E-state index is 0.0677. The molecule has 0 aliphatic carbocycles. The molecule has 1 atom stereocenters. The Morgan fingerprint density at radius 2 is 1.94 bits per heavy atom. The zero-order valence-electron chi connectivity index (χ0n) is 20.9. The molecule has 0 saturated carbocycles. The maximum Gasteiger partial charge on any atom is 0.212 e. The second kappa shape index (κ2) is 9.45. The molecule has 4 N–H and O–H groups in total. The highest BCUT2D eigenvalue weighted by Gasteiger charge is 2.23. The van der Waals surface area contributed by atoms with Crippen LogP contribution in [0, 0.1) is 34.0 Å². The zero-order chi connectivity index (χ0) is 26.1. The summed E-state index contributed by atoms with van der Waals surface area (Å²) < 4.78 is 22.9. The van der Waals surface area contributed by atoms with Crippen molar-refractivity contribution in [2.24, 2.45) is 5.41 Å². The summed E-state index contributed by atoms with van der Waals surface area (Å²) in [6, 6.07) is 8.72. The fourth-order valence-corrected chi connectivity index (χ4v) is 3.59. The van der Waals surface area contributed by atoms with E-state index in [4.69, 9.17) is 0 Å². The summed E-state index contributed by atoms with van der Waals surface area (Å²) in [5, 5.41) is 28.3. The minimum Gasteiger partial charge on any atom is -0.383 e. The molecule has 1 aromatic carbocycles. The molecule has 3 aromatic rings. The van der Waals surface area contributed by atoms with E-state index in [0.717, 1.165) is 0 Å². The Morgan fingerprint density at radius 1 is 1.17 bits per heavy atom. The van der Waals surface area contributed by atoms with E-state index in [9.17, 15) is 16.3 Å². The second-order valence-corrected chi connectivity index (χ2v) is 9.36. The highest BCUT2D eigenvalue weighted by Crippen LogP contribution is 2.34. The Kier molecular flexibility index (Phi) is 6.04. The molecule has 0 spiro atoms. The lowest BCUT2D eigenvalue weighted by Crippen LogP contribution is -2.35. The largest absolute Gasteiger partial charge is 0.383 e. The first-order valence-electron chi connectivity index (χ1n) is 11.4. The first-order chi connectivity index (χ1) is 17.0. The van der Waals surface area contributed by atoms with Gasteiger partial charge in [-0.05, 0) is 29.2 Å². The summed E-state index contributed by atoms with van der Waals surface area (Å²) >= 11 is 0. The van der Waals surface area contributed by atoms with Gasteiger partial charge in [0.05, 0.1) is 35.4 Å². The first-order valence-corrected chi connectivity index (χ1v) is 10.9. The number of nitriles is 2. The molecule has 0 bridgehead atoms. The number of pyridine rings is 2. The molecule has 10 heteroatoms. The van der Waals surface area contributed by atoms with Gasteiger partial charge in [0, 0.05) is 43.3 Å². The van der Waals surface area contributed by atoms with Crippen molar-refractivity contribution in [2.45, 2.75) is 26.8 Å². The SMILES string of the molecule is [2H][C@](Nc1cc(C#N)c2ncc(C#N)c(NCC(C)(C)C)c2c1)(C1=CN(C)NN1)c1ccc(F)nc1. The van der Waals surface area contributed by atoms with E-state index in [0.29, 0.717) is 45.6 Å². The highest BCUT2D eigenvalue weighted by atomic mass is 19.1. The molecule has 178 valence electrons. The van der Waals surface area contributed by atoms with Crippen molar-refractivity contribution in [1.82, 2.24) is 25.9 Å². The first kappa shape index (κ1) is 22.4. The number of benzene rings is 1. The van der Waals surface area contributed by atoms with Crippen molar-refractivity contribution in [3.63, 3.8) is 0 Å². The van der Waals surface area contributed by atoms with Gasteiger partial charge in [0.1, 0.15) is 12.1 Å². The third kappa shape index (κ3) is 5.24. The summed E-state index contributed by atoms with van der Waals surface area (Å²) in [5.74, 6) is -0.660. The molecule has 0 radical (unpaired) electrons. The molecule has 1 aliphatic rings. The van der Waals surface area contributed by atoms with Crippen LogP contribution in [0.3, 0.4) is 0 Å². The summed E-state index contributed by atoms with van der Waals surface area (Å²) in [4.78, 5) is 8.09. The van der Waals surface area contributed by atoms with Crippen molar-refractivity contribution < 1.29 is 5.76 Å². The molecule has 0 saturated heterocycles. The molecule has 1 aliphatic heterocycles. The Morgan fingerprint density at radius 3 is 2.54 bits per heavy atom. The van der Waals surface area contributed by atoms with Gasteiger partial charge in [-0.25, -0.2) is 4.98 Å². The van der Waals surface area contributed by atoms with E-state index in [-0.39, 0.29) is 11.0 Å². The summed E-state index contributed by atoms with van der Waals surface area (Å²) in [7, 11) is 1.76. The predicted molar refractivity (Wildman–Crippen MR) is 132 cm³/mol. The molecule has 0 fully saturated rings. The molecule has 0 unspecified atom stereocenters. The summed E-state index contributed by atoms with van der Waals surface area (Å²) in [5.41, 5.74) is 8.62. The third-order valence-electron chi connectivity index (χ3n) is 5.25. The maximum atomic E-state index is 13.6. The van der Waals surface area contributed by atoms with Crippen molar-refractivity contribution in [3.05, 3.63) is 71.2 Å². The van der Waals surface area contributed by atoms with Crippen molar-refractivity contribution in [3.8, 4) is 12.1 Å². The van der Waals surface area contributed by atoms with E-state index in [1.807, 2.05) is 0 Å². The van der Waals surface area contributed by atoms with E-state index >= 15 is 0 Å². The Hall–Kier alpha value is -4.41. The Bertz CT molecular complexity index is 1420. The summed E-state index contributed by atoms with van der Waals surface area (Å²) in [6.45, 7) is 6.80. The van der Waals surface area contributed by atoms with E-state index in [1.165, 1.54) is 24.5 Å². The van der Waals surface area contributed by atoms with Gasteiger partial charge in [0.25, 0.3) is 0 Å². The van der Waals surface area contributed by atoms with Crippen LogP contribution in [-0.4, -0.2) is 28.6 Å². The van der Waals surface area contributed by atoms with Crippen LogP contribution in [0.15, 0.2) is 48.6 Å². The number of rotatable bonds is 6. The number of anilines is 2. The third-order valence-corrected chi connectivity index (χ3v) is 5.25. The van der Waals surface area contributed by atoms with Crippen LogP contribution >= 0.6 is 0 Å². The standard InChI is InChI=1S/C25H26FN9/c1-25(2,3)14-31-23-17(10-28)12-30-22-16(9-27)7-18(8-19(22)23)32-24(20-13-35(4)34-33-20)15-5-6-21(26)29-11-15/h5-8,11-13,24,32-34H,14H2,1-4H3,(H,30,31)/t24-/m1/s1/i24D. The predicted octanol–water partition coefficient (Wildman–Crippen LogP) is 3.92. The van der Waals surface area contributed by atoms with Crippen molar-refractivity contribution in [2.75, 3.05) is 24.2 Å². The van der Waals surface area contributed by atoms with Crippen molar-refractivity contribution >= 4 is 22.3 Å². The zero-order valence-corrected chi connectivity index (χ0v) is 19.9. The van der Waals surface area contributed by atoms with Crippen LogP contribution in [0.1, 0.15) is 44.9 Å². The monoisotopic (exact) mass is 472 g/mol. The topological polar surface area (TPSA) is 125 Å². The van der Waals surface area contributed by atoms with Crippen LogP contribution in [0.4, 0.5) is 15.8 Å². The van der Waals surface area contributed by atoms with Gasteiger partial charge < -0.3 is 16.1 Å². The maximum absolute atomic E-state index is 13.6. The van der Waals surface area contributed by atoms with Gasteiger partial charge in [-0.2, -0.15) is 14.9 Å². The number of hydrazine groups is 2. The van der Waals surface area contributed by atoms with E-state index < -0.39 is 12.0 Å². The lowest BCUT2D eigenvalue weighted by molar-refractivity contribution is 0.326. The molecule has 2 aromatic heterocycles. The lowest BCUT2D eigenvalue weighted by Gasteiger charge is -2.23. The fourth-order valence-electron chi connectivity index (χ4n) is 3.59. The molecule has 3 heterocycles. The normalized spacial score (nSPS) is 15.3. The van der Waals surface area contributed by atoms with Crippen molar-refractivity contribution in [1.29, 1.82) is 10.5 Å². The van der Waals surface area contributed by atoms with Crippen LogP contribution in [0.25, 0.3) is 10.9 Å². The number of fused-ring (bicyclic) bond motifs is 1. The average molecular weight is 473 g/mol. The fraction of sp³-hybridized carbons (Fsp3) is 0.280. The van der Waals surface area contributed by atoms with E-state index in [1.54, 1.807) is 30.4 Å². The highest BCUT2D eigenvalue weighted by molar-refractivity contribution is 5.99. The molecule has 35 heavy (non-hydrogen) atoms. The quantitative estimate of drug-likeness (QED) is 0.395. The molecular formula is C25H26FN9. The number of aromatic nitrogens is 2. The molecular weight excluding hydrogens is 445 g/mol. The lowest BCUT2D eigenvalue weighted by atomic mass is 9.96. The number of nitrogens with zero attached hydrogens (tertiary/aromatic N) is 5. The minimum atomic E-state index is -1.63. The Balaban J connectivity index is 1.88. The van der Waals surface area contributed by atoms with Gasteiger partial charge in [-0.3, -0.25) is 9.99 Å². The molecule has 9 nitrogen and oxygen atoms in total. The van der Waals surface area contributed by atoms with Crippen LogP contribution in [-0.2, 0) is 0 Å². The second-order valence-electron chi connectivity index (χ2n) is 9.36. The van der Waals surface area contributed by atoms with Crippen LogP contribution in [0.2, 0.25) is 0 Å². The van der Waals surface area contributed by atoms with E-state index in [2.05, 4.69) is 64.5 Å². The Labute approximate surface area is 204 Å². The van der Waals surface area contributed by atoms with Gasteiger partial charge >= 0.3 is 0 Å². The summed E-state index contributed by atoms with van der Waals surface area (Å²) in [6.07, 6.45) is 4.42. The van der Waals surface area contributed by atoms with Crippen LogP contribution < -0.4 is 21.6 Å². The van der Waals surface area contributed by atoms with Gasteiger partial charge in [0.15, 0.2) is 0 Å². The van der Waals surface area contributed by atoms with Crippen LogP contribution in [0.5, 0.6) is 0 Å². The number of halogens is 1. The average Bonchev–Trinajstić information content (AvgIpc) is 3.28. The molecule has 4 rings (SSSR count). The van der Waals surface area contributed by atoms with Gasteiger partial charge in [-0.15, -0.1) is 5.53 Å². The molecule has 0 amide bonds. The number of hydrogen-bond donors (Lipinski definition) is 4. The number of hydrogen-bond acceptors (Lipinski definition) is 9. The number of nitrogens with one attached hydrogen (secondary N) is 4. The van der Waals surface area contributed by atoms with Gasteiger partial charge in [-0.1, -0.05) is 26.8 Å². The smallest absolute Gasteiger partial charge is 0.212 e. The van der Waals surface area contributed by atoms with Gasteiger partial charge in [0.2, 0.25) is 5.95 Å².